The van der Waals surface area contributed by atoms with Crippen LogP contribution in [0.1, 0.15) is 26.3 Å². The Kier molecular flexibility index (Phi) is 17.3. The first-order valence-corrected chi connectivity index (χ1v) is 43.4. The van der Waals surface area contributed by atoms with Gasteiger partial charge in [-0.15, -0.1) is 0 Å². The van der Waals surface area contributed by atoms with Gasteiger partial charge in [0.05, 0.1) is 11.4 Å². The molecule has 0 radical (unpaired) electrons. The third-order valence-electron chi connectivity index (χ3n) is 25.1. The summed E-state index contributed by atoms with van der Waals surface area (Å²) in [6, 6.07) is 161. The molecule has 4 nitrogen and oxygen atoms in total. The summed E-state index contributed by atoms with van der Waals surface area (Å²) >= 11 is 0. The smallest absolute Gasteiger partial charge is 0.260 e. The first kappa shape index (κ1) is 71.1. The van der Waals surface area contributed by atoms with Crippen molar-refractivity contribution >= 4 is 109 Å². The molecule has 0 aromatic heterocycles. The largest absolute Gasteiger partial charge is 0.459 e. The molecule has 0 atom stereocenters. The van der Waals surface area contributed by atoms with E-state index in [1.807, 2.05) is 0 Å². The molecule has 560 valence electrons. The number of fused-ring (bicyclic) bond motifs is 9. The molecule has 18 aromatic rings. The van der Waals surface area contributed by atoms with Gasteiger partial charge in [-0.2, -0.15) is 0 Å². The average molecular weight is 1540 g/mol. The molecule has 18 aromatic carbocycles. The van der Waals surface area contributed by atoms with Crippen LogP contribution < -0.4 is 72.8 Å². The Morgan fingerprint density at radius 1 is 0.227 bits per heavy atom. The topological polar surface area (TPSA) is 24.9 Å². The molecule has 0 unspecified atom stereocenters. The summed E-state index contributed by atoms with van der Waals surface area (Å²) in [7, 11) is -3.08. The maximum absolute atomic E-state index is 8.38. The molecule has 4 aliphatic rings. The van der Waals surface area contributed by atoms with Crippen LogP contribution in [0.2, 0.25) is 0 Å². The van der Waals surface area contributed by atoms with Crippen molar-refractivity contribution in [2.45, 2.75) is 26.2 Å². The van der Waals surface area contributed by atoms with Crippen molar-refractivity contribution in [1.29, 1.82) is 0 Å². The highest BCUT2D eigenvalue weighted by atomic mass is 28.3. The minimum atomic E-state index is -3.08. The molecular weight excluding hydrogens is 1450 g/mol. The van der Waals surface area contributed by atoms with E-state index in [0.717, 1.165) is 173 Å². The molecule has 0 aliphatic carbocycles. The zero-order chi connectivity index (χ0) is 79.3. The molecule has 0 amide bonds. The van der Waals surface area contributed by atoms with Gasteiger partial charge < -0.3 is 19.3 Å². The first-order valence-electron chi connectivity index (χ1n) is 41.4. The van der Waals surface area contributed by atoms with Gasteiger partial charge in [0.1, 0.15) is 23.0 Å². The van der Waals surface area contributed by atoms with E-state index in [9.17, 15) is 0 Å². The zero-order valence-corrected chi connectivity index (χ0v) is 67.4. The minimum Gasteiger partial charge on any atom is -0.459 e. The van der Waals surface area contributed by atoms with E-state index in [1.54, 1.807) is 0 Å². The van der Waals surface area contributed by atoms with Gasteiger partial charge in [-0.05, 0) is 151 Å². The molecule has 22 rings (SSSR count). The van der Waals surface area contributed by atoms with Crippen LogP contribution in [0.25, 0.3) is 89.0 Å². The fourth-order valence-corrected chi connectivity index (χ4v) is 24.4. The van der Waals surface area contributed by atoms with Crippen molar-refractivity contribution in [3.05, 3.63) is 436 Å². The van der Waals surface area contributed by atoms with Crippen molar-refractivity contribution < 1.29 is 9.47 Å². The standard InChI is InChI=1S/C112H80B2N2O2Si/c1-112(2,3)86-72-100-105-101(73-86)116(109-93(80-47-24-9-25-48-80)61-36-62-94(109)81-49-26-10-27-50-81)102-74-104-107-111(106(102)114(105)96-65-63-83(76-39-16-5-17-40-76)71-99(96)115(100)108-91(78-43-20-7-21-44-78)59-35-60-92(108)79-45-22-8-23-46-79)117-103-66-64-82(75-37-14-4-15-38-75)69-97(103)113(107)98-70-85(77-41-18-6-19-42-77)68-95(110(98)118-104)84-51-34-58-90(67-84)119(87-52-28-11-29-53-87,88-54-30-12-31-55-88)89-56-32-13-33-57-89/h4-74H,1-3H3. The predicted molar refractivity (Wildman–Crippen MR) is 504 cm³/mol. The Morgan fingerprint density at radius 2 is 0.597 bits per heavy atom. The summed E-state index contributed by atoms with van der Waals surface area (Å²) in [4.78, 5) is 5.32. The fraction of sp³-hybridized carbons (Fsp3) is 0.0357. The SMILES string of the molecule is CC(C)(C)c1cc2c3c(c1)N(c1c(-c4ccccc4)cccc1-c1ccccc1)c1cc4c5c(c1B3c1ccc(-c3ccccc3)cc1N2c1c(-c2ccccc2)cccc1-c1ccccc1)Oc1ccc(-c2ccccc2)cc1B5c1cc(-c2ccccc2)cc(-c2cccc([Si](c3ccccc3)(c3ccccc3)c3ccccc3)c2)c1O4. The number of ether oxygens (including phenoxy) is 2. The summed E-state index contributed by atoms with van der Waals surface area (Å²) < 4.78 is 16.7. The lowest BCUT2D eigenvalue weighted by molar-refractivity contribution is 0.468. The van der Waals surface area contributed by atoms with Crippen LogP contribution in [-0.2, 0) is 5.41 Å². The van der Waals surface area contributed by atoms with E-state index in [2.05, 4.69) is 461 Å². The van der Waals surface area contributed by atoms with Crippen LogP contribution in [0.5, 0.6) is 23.0 Å². The van der Waals surface area contributed by atoms with Crippen molar-refractivity contribution in [3.63, 3.8) is 0 Å². The summed E-state index contributed by atoms with van der Waals surface area (Å²) in [5.41, 5.74) is 31.2. The van der Waals surface area contributed by atoms with Crippen LogP contribution in [0, 0.1) is 0 Å². The Bertz CT molecular complexity index is 6720. The Hall–Kier alpha value is -14.5. The van der Waals surface area contributed by atoms with E-state index in [1.165, 1.54) is 31.8 Å². The van der Waals surface area contributed by atoms with Gasteiger partial charge in [0.15, 0.2) is 8.07 Å². The monoisotopic (exact) mass is 1530 g/mol. The van der Waals surface area contributed by atoms with Gasteiger partial charge in [0, 0.05) is 62.1 Å². The molecule has 119 heavy (non-hydrogen) atoms. The van der Waals surface area contributed by atoms with Gasteiger partial charge in [0.25, 0.3) is 13.4 Å². The lowest BCUT2D eigenvalue weighted by atomic mass is 9.30. The normalized spacial score (nSPS) is 12.7. The van der Waals surface area contributed by atoms with Crippen LogP contribution in [0.4, 0.5) is 34.1 Å². The number of rotatable bonds is 14. The van der Waals surface area contributed by atoms with Crippen LogP contribution >= 0.6 is 0 Å². The van der Waals surface area contributed by atoms with Crippen LogP contribution in [0.15, 0.2) is 431 Å². The Morgan fingerprint density at radius 3 is 1.06 bits per heavy atom. The van der Waals surface area contributed by atoms with E-state index in [0.29, 0.717) is 0 Å². The van der Waals surface area contributed by atoms with Crippen molar-refractivity contribution in [3.8, 4) is 112 Å². The highest BCUT2D eigenvalue weighted by Gasteiger charge is 2.52. The zero-order valence-electron chi connectivity index (χ0n) is 66.4. The fourth-order valence-electron chi connectivity index (χ4n) is 19.6. The number of para-hydroxylation sites is 2. The lowest BCUT2D eigenvalue weighted by Crippen LogP contribution is -2.74. The lowest BCUT2D eigenvalue weighted by Gasteiger charge is -2.48. The molecule has 0 saturated carbocycles. The molecular formula is C112H80B2N2O2Si. The minimum absolute atomic E-state index is 0.377. The second kappa shape index (κ2) is 29.0. The quantitative estimate of drug-likeness (QED) is 0.0800. The maximum atomic E-state index is 8.38. The number of hydrogen-bond acceptors (Lipinski definition) is 4. The van der Waals surface area contributed by atoms with Gasteiger partial charge in [-0.1, -0.05) is 415 Å². The molecule has 7 heteroatoms. The number of benzene rings is 18. The predicted octanol–water partition coefficient (Wildman–Crippen LogP) is 22.5. The highest BCUT2D eigenvalue weighted by molar-refractivity contribution is 7.20. The van der Waals surface area contributed by atoms with E-state index < -0.39 is 21.5 Å². The molecule has 4 aliphatic heterocycles. The number of hydrogen-bond donors (Lipinski definition) is 0. The first-order chi connectivity index (χ1) is 58.7. The van der Waals surface area contributed by atoms with Gasteiger partial charge in [0.2, 0.25) is 0 Å². The van der Waals surface area contributed by atoms with Gasteiger partial charge in [-0.25, -0.2) is 0 Å². The average Bonchev–Trinajstić information content (AvgIpc) is 0.672. The number of anilines is 6. The summed E-state index contributed by atoms with van der Waals surface area (Å²) in [6.07, 6.45) is 0. The second-order valence-corrected chi connectivity index (χ2v) is 36.6. The number of nitrogens with zero attached hydrogens (tertiary/aromatic N) is 2. The molecule has 0 saturated heterocycles. The van der Waals surface area contributed by atoms with E-state index in [-0.39, 0.29) is 5.41 Å². The summed E-state index contributed by atoms with van der Waals surface area (Å²) in [5, 5.41) is 5.19. The highest BCUT2D eigenvalue weighted by Crippen LogP contribution is 2.56. The van der Waals surface area contributed by atoms with Gasteiger partial charge >= 0.3 is 0 Å². The third-order valence-corrected chi connectivity index (χ3v) is 29.8. The van der Waals surface area contributed by atoms with Crippen molar-refractivity contribution in [1.82, 2.24) is 0 Å². The Labute approximate surface area is 698 Å². The third kappa shape index (κ3) is 11.9. The molecule has 0 spiro atoms. The van der Waals surface area contributed by atoms with Crippen LogP contribution in [0.3, 0.4) is 0 Å². The molecule has 0 fully saturated rings. The molecule has 0 bridgehead atoms. The molecule has 4 heterocycles. The van der Waals surface area contributed by atoms with Gasteiger partial charge in [-0.3, -0.25) is 0 Å². The van der Waals surface area contributed by atoms with Crippen molar-refractivity contribution in [2.75, 3.05) is 9.80 Å². The second-order valence-electron chi connectivity index (χ2n) is 32.8. The summed E-state index contributed by atoms with van der Waals surface area (Å²) in [6.45, 7) is 6.27. The van der Waals surface area contributed by atoms with Crippen molar-refractivity contribution in [2.24, 2.45) is 0 Å². The molecule has 0 N–H and O–H groups in total. The maximum Gasteiger partial charge on any atom is 0.260 e. The van der Waals surface area contributed by atoms with Crippen LogP contribution in [-0.4, -0.2) is 21.5 Å². The van der Waals surface area contributed by atoms with E-state index >= 15 is 0 Å². The Balaban J connectivity index is 0.889. The summed E-state index contributed by atoms with van der Waals surface area (Å²) in [5.74, 6) is 3.13. The van der Waals surface area contributed by atoms with E-state index in [4.69, 9.17) is 9.47 Å².